The van der Waals surface area contributed by atoms with Gasteiger partial charge in [0, 0.05) is 36.3 Å². The highest BCUT2D eigenvalue weighted by molar-refractivity contribution is 6.31. The van der Waals surface area contributed by atoms with Gasteiger partial charge in [-0.1, -0.05) is 48.0 Å². The lowest BCUT2D eigenvalue weighted by atomic mass is 9.85. The molecule has 3 rings (SSSR count). The Morgan fingerprint density at radius 1 is 1.39 bits per heavy atom. The fourth-order valence-electron chi connectivity index (χ4n) is 3.45. The predicted octanol–water partition coefficient (Wildman–Crippen LogP) is 2.33. The second-order valence-corrected chi connectivity index (χ2v) is 6.73. The minimum absolute atomic E-state index is 0.251. The maximum Gasteiger partial charge on any atom is 0.248 e. The first kappa shape index (κ1) is 16.2. The van der Waals surface area contributed by atoms with Crippen LogP contribution in [0.2, 0.25) is 0 Å². The summed E-state index contributed by atoms with van der Waals surface area (Å²) >= 11 is 6.60. The molecule has 1 amide bonds. The monoisotopic (exact) mass is 331 g/mol. The molecule has 1 heterocycles. The molecule has 1 aliphatic heterocycles. The molecule has 4 nitrogen and oxygen atoms in total. The van der Waals surface area contributed by atoms with Crippen molar-refractivity contribution in [2.24, 2.45) is 5.73 Å². The van der Waals surface area contributed by atoms with E-state index in [1.165, 1.54) is 5.56 Å². The number of amides is 1. The summed E-state index contributed by atoms with van der Waals surface area (Å²) < 4.78 is 0. The Morgan fingerprint density at radius 2 is 2.13 bits per heavy atom. The van der Waals surface area contributed by atoms with Gasteiger partial charge in [-0.05, 0) is 25.0 Å². The highest BCUT2D eigenvalue weighted by Crippen LogP contribution is 2.41. The molecule has 0 aromatic heterocycles. The van der Waals surface area contributed by atoms with Crippen molar-refractivity contribution in [3.05, 3.63) is 58.7 Å². The number of nitrogens with zero attached hydrogens (tertiary/aromatic N) is 1. The van der Waals surface area contributed by atoms with Gasteiger partial charge in [-0.25, -0.2) is 0 Å². The number of primary amides is 1. The molecule has 1 aromatic rings. The number of nitrogens with one attached hydrogen (secondary N) is 1. The van der Waals surface area contributed by atoms with Gasteiger partial charge in [0.05, 0.1) is 5.54 Å². The standard InChI is InChI=1S/C18H22ClN3O/c1-18(8-7-14(17(20)23)11-16(18)19)22-10-9-21-12-15(22)13-5-3-2-4-6-13/h2-7,11,15,21H,8-10,12H2,1H3,(H2,20,23)/t15-,18?/m0/s1. The van der Waals surface area contributed by atoms with Gasteiger partial charge in [0.15, 0.2) is 0 Å². The van der Waals surface area contributed by atoms with Gasteiger partial charge in [0.25, 0.3) is 0 Å². The van der Waals surface area contributed by atoms with Gasteiger partial charge in [0.2, 0.25) is 5.91 Å². The van der Waals surface area contributed by atoms with Crippen molar-refractivity contribution in [3.63, 3.8) is 0 Å². The first-order valence-corrected chi connectivity index (χ1v) is 8.30. The smallest absolute Gasteiger partial charge is 0.248 e. The molecular weight excluding hydrogens is 310 g/mol. The zero-order valence-electron chi connectivity index (χ0n) is 13.3. The Labute approximate surface area is 142 Å². The number of piperazine rings is 1. The first-order valence-electron chi connectivity index (χ1n) is 7.92. The quantitative estimate of drug-likeness (QED) is 0.893. The van der Waals surface area contributed by atoms with E-state index in [9.17, 15) is 4.79 Å². The van der Waals surface area contributed by atoms with Gasteiger partial charge in [-0.2, -0.15) is 0 Å². The zero-order valence-corrected chi connectivity index (χ0v) is 14.0. The molecule has 0 saturated carbocycles. The van der Waals surface area contributed by atoms with Crippen molar-refractivity contribution in [2.45, 2.75) is 24.9 Å². The molecular formula is C18H22ClN3O. The van der Waals surface area contributed by atoms with Crippen LogP contribution in [0, 0.1) is 0 Å². The Balaban J connectivity index is 1.92. The van der Waals surface area contributed by atoms with Crippen LogP contribution < -0.4 is 11.1 Å². The topological polar surface area (TPSA) is 58.4 Å². The molecule has 0 radical (unpaired) electrons. The first-order chi connectivity index (χ1) is 11.0. The molecule has 0 spiro atoms. The Morgan fingerprint density at radius 3 is 2.78 bits per heavy atom. The van der Waals surface area contributed by atoms with Crippen LogP contribution in [0.25, 0.3) is 0 Å². The zero-order chi connectivity index (χ0) is 16.4. The van der Waals surface area contributed by atoms with Crippen LogP contribution in [0.3, 0.4) is 0 Å². The second-order valence-electron chi connectivity index (χ2n) is 6.32. The summed E-state index contributed by atoms with van der Waals surface area (Å²) in [5, 5.41) is 4.15. The lowest BCUT2D eigenvalue weighted by Crippen LogP contribution is -2.57. The number of nitrogens with two attached hydrogens (primary N) is 1. The molecule has 1 fully saturated rings. The summed E-state index contributed by atoms with van der Waals surface area (Å²) in [7, 11) is 0. The average Bonchev–Trinajstić information content (AvgIpc) is 2.58. The van der Waals surface area contributed by atoms with E-state index < -0.39 is 5.91 Å². The summed E-state index contributed by atoms with van der Waals surface area (Å²) in [6.07, 6.45) is 4.31. The Bertz CT molecular complexity index is 655. The molecule has 2 atom stereocenters. The molecule has 1 saturated heterocycles. The van der Waals surface area contributed by atoms with Gasteiger partial charge < -0.3 is 11.1 Å². The second kappa shape index (κ2) is 6.48. The van der Waals surface area contributed by atoms with Crippen LogP contribution in [-0.2, 0) is 4.79 Å². The average molecular weight is 332 g/mol. The van der Waals surface area contributed by atoms with Gasteiger partial charge in [0.1, 0.15) is 0 Å². The third-order valence-corrected chi connectivity index (χ3v) is 5.38. The van der Waals surface area contributed by atoms with E-state index >= 15 is 0 Å². The van der Waals surface area contributed by atoms with E-state index in [2.05, 4.69) is 41.4 Å². The van der Waals surface area contributed by atoms with Crippen molar-refractivity contribution >= 4 is 17.5 Å². The minimum atomic E-state index is -0.426. The largest absolute Gasteiger partial charge is 0.366 e. The third-order valence-electron chi connectivity index (χ3n) is 4.86. The molecule has 1 unspecified atom stereocenters. The predicted molar refractivity (Wildman–Crippen MR) is 93.0 cm³/mol. The molecule has 1 aromatic carbocycles. The number of carbonyl (C=O) groups excluding carboxylic acids is 1. The number of hydrogen-bond donors (Lipinski definition) is 2. The van der Waals surface area contributed by atoms with E-state index in [-0.39, 0.29) is 11.6 Å². The number of rotatable bonds is 3. The molecule has 0 bridgehead atoms. The number of halogens is 1. The van der Waals surface area contributed by atoms with E-state index in [4.69, 9.17) is 17.3 Å². The highest BCUT2D eigenvalue weighted by atomic mass is 35.5. The van der Waals surface area contributed by atoms with E-state index in [1.54, 1.807) is 6.08 Å². The summed E-state index contributed by atoms with van der Waals surface area (Å²) in [5.41, 5.74) is 6.84. The molecule has 1 aliphatic carbocycles. The van der Waals surface area contributed by atoms with Crippen molar-refractivity contribution < 1.29 is 4.79 Å². The van der Waals surface area contributed by atoms with Gasteiger partial charge in [-0.15, -0.1) is 0 Å². The molecule has 23 heavy (non-hydrogen) atoms. The fraction of sp³-hybridized carbons (Fsp3) is 0.389. The van der Waals surface area contributed by atoms with Gasteiger partial charge in [-0.3, -0.25) is 9.69 Å². The number of carbonyl (C=O) groups is 1. The van der Waals surface area contributed by atoms with Crippen LogP contribution in [0.1, 0.15) is 24.9 Å². The van der Waals surface area contributed by atoms with Gasteiger partial charge >= 0.3 is 0 Å². The van der Waals surface area contributed by atoms with Crippen molar-refractivity contribution in [3.8, 4) is 0 Å². The van der Waals surface area contributed by atoms with Crippen LogP contribution in [0.15, 0.2) is 53.1 Å². The SMILES string of the molecule is CC1(N2CCNC[C@H]2c2ccccc2)CC=C(C(N)=O)C=C1Cl. The summed E-state index contributed by atoms with van der Waals surface area (Å²) in [5.74, 6) is -0.426. The highest BCUT2D eigenvalue weighted by Gasteiger charge is 2.41. The maximum absolute atomic E-state index is 11.4. The summed E-state index contributed by atoms with van der Waals surface area (Å²) in [6, 6.07) is 10.7. The van der Waals surface area contributed by atoms with E-state index in [0.29, 0.717) is 17.0 Å². The van der Waals surface area contributed by atoms with Crippen molar-refractivity contribution in [1.82, 2.24) is 10.2 Å². The number of benzene rings is 1. The van der Waals surface area contributed by atoms with Crippen LogP contribution in [0.5, 0.6) is 0 Å². The Kier molecular flexibility index (Phi) is 4.57. The van der Waals surface area contributed by atoms with E-state index in [0.717, 1.165) is 19.6 Å². The molecule has 5 heteroatoms. The molecule has 122 valence electrons. The third kappa shape index (κ3) is 3.07. The van der Waals surface area contributed by atoms with Crippen LogP contribution in [0.4, 0.5) is 0 Å². The maximum atomic E-state index is 11.4. The normalized spacial score (nSPS) is 28.9. The molecule has 3 N–H and O–H groups in total. The lowest BCUT2D eigenvalue weighted by molar-refractivity contribution is -0.114. The lowest BCUT2D eigenvalue weighted by Gasteiger charge is -2.49. The summed E-state index contributed by atoms with van der Waals surface area (Å²) in [4.78, 5) is 13.8. The van der Waals surface area contributed by atoms with Crippen molar-refractivity contribution in [1.29, 1.82) is 0 Å². The Hall–Kier alpha value is -1.62. The molecule has 2 aliphatic rings. The van der Waals surface area contributed by atoms with Crippen LogP contribution >= 0.6 is 11.6 Å². The van der Waals surface area contributed by atoms with Crippen molar-refractivity contribution in [2.75, 3.05) is 19.6 Å². The fourth-order valence-corrected chi connectivity index (χ4v) is 3.75. The number of hydrogen-bond acceptors (Lipinski definition) is 3. The van der Waals surface area contributed by atoms with Crippen LogP contribution in [-0.4, -0.2) is 36.0 Å². The van der Waals surface area contributed by atoms with E-state index in [1.807, 2.05) is 12.1 Å². The summed E-state index contributed by atoms with van der Waals surface area (Å²) in [6.45, 7) is 4.85. The minimum Gasteiger partial charge on any atom is -0.366 e.